The van der Waals surface area contributed by atoms with Crippen LogP contribution in [0.1, 0.15) is 30.5 Å². The van der Waals surface area contributed by atoms with Crippen molar-refractivity contribution < 1.29 is 33.5 Å². The fourth-order valence-electron chi connectivity index (χ4n) is 4.96. The van der Waals surface area contributed by atoms with Gasteiger partial charge in [-0.2, -0.15) is 0 Å². The Morgan fingerprint density at radius 2 is 1.27 bits per heavy atom. The molecule has 13 nitrogen and oxygen atoms in total. The number of nitrogens with two attached hydrogens (primary N) is 1. The zero-order chi connectivity index (χ0) is 36.8. The molecule has 0 saturated carbocycles. The lowest BCUT2D eigenvalue weighted by Crippen LogP contribution is -2.56. The molecule has 0 aliphatic rings. The Morgan fingerprint density at radius 3 is 1.96 bits per heavy atom. The number of rotatable bonds is 14. The van der Waals surface area contributed by atoms with Gasteiger partial charge >= 0.3 is 6.09 Å². The third-order valence-corrected chi connectivity index (χ3v) is 7.66. The van der Waals surface area contributed by atoms with Crippen LogP contribution in [0.25, 0.3) is 10.8 Å². The van der Waals surface area contributed by atoms with Gasteiger partial charge in [-0.05, 0) is 41.3 Å². The number of carbonyl (C=O) groups is 6. The van der Waals surface area contributed by atoms with Crippen LogP contribution >= 0.6 is 0 Å². The Balaban J connectivity index is 1.38. The molecule has 4 aromatic carbocycles. The van der Waals surface area contributed by atoms with Crippen LogP contribution in [-0.2, 0) is 48.4 Å². The number of nitrogens with one attached hydrogen (secondary N) is 3. The molecule has 0 radical (unpaired) electrons. The summed E-state index contributed by atoms with van der Waals surface area (Å²) in [5, 5.41) is 7.45. The number of amides is 6. The highest BCUT2D eigenvalue weighted by Crippen LogP contribution is 2.21. The van der Waals surface area contributed by atoms with E-state index in [4.69, 9.17) is 10.5 Å². The summed E-state index contributed by atoms with van der Waals surface area (Å²) < 4.78 is 5.12. The van der Waals surface area contributed by atoms with Crippen molar-refractivity contribution in [1.82, 2.24) is 26.0 Å². The lowest BCUT2D eigenvalue weighted by molar-refractivity contribution is -0.142. The minimum absolute atomic E-state index is 0.00113. The third kappa shape index (κ3) is 11.6. The largest absolute Gasteiger partial charge is 0.445 e. The Hall–Kier alpha value is -6.50. The molecule has 0 heterocycles. The summed E-state index contributed by atoms with van der Waals surface area (Å²) in [5.74, 6) is -3.91. The number of benzene rings is 4. The molecule has 0 aliphatic heterocycles. The Bertz CT molecular complexity index is 1880. The van der Waals surface area contributed by atoms with Gasteiger partial charge in [-0.1, -0.05) is 103 Å². The molecule has 13 heteroatoms. The number of primary amides is 1. The van der Waals surface area contributed by atoms with Gasteiger partial charge in [-0.15, -0.1) is 0 Å². The van der Waals surface area contributed by atoms with Crippen LogP contribution in [0.3, 0.4) is 0 Å². The van der Waals surface area contributed by atoms with E-state index >= 15 is 0 Å². The summed E-state index contributed by atoms with van der Waals surface area (Å²) in [7, 11) is 0. The number of ether oxygens (including phenoxy) is 1. The van der Waals surface area contributed by atoms with Gasteiger partial charge in [-0.25, -0.2) is 9.80 Å². The van der Waals surface area contributed by atoms with Crippen molar-refractivity contribution >= 4 is 46.4 Å². The van der Waals surface area contributed by atoms with Gasteiger partial charge in [0.25, 0.3) is 11.8 Å². The molecule has 0 aliphatic carbocycles. The van der Waals surface area contributed by atoms with Crippen LogP contribution < -0.4 is 21.8 Å². The second-order valence-electron chi connectivity index (χ2n) is 11.7. The van der Waals surface area contributed by atoms with Crippen LogP contribution in [0.15, 0.2) is 115 Å². The molecule has 4 rings (SSSR count). The predicted molar refractivity (Wildman–Crippen MR) is 190 cm³/mol. The lowest BCUT2D eigenvalue weighted by Gasteiger charge is -2.24. The van der Waals surface area contributed by atoms with Crippen LogP contribution in [0.5, 0.6) is 0 Å². The smallest absolute Gasteiger partial charge is 0.408 e. The molecule has 0 aromatic heterocycles. The summed E-state index contributed by atoms with van der Waals surface area (Å²) in [6.07, 6.45) is 1.16. The number of fused-ring (bicyclic) bond motifs is 1. The first kappa shape index (κ1) is 37.3. The van der Waals surface area contributed by atoms with Gasteiger partial charge < -0.3 is 26.0 Å². The van der Waals surface area contributed by atoms with Gasteiger partial charge in [0.1, 0.15) is 25.2 Å². The van der Waals surface area contributed by atoms with Gasteiger partial charge in [-0.3, -0.25) is 29.4 Å². The molecule has 0 fully saturated rings. The van der Waals surface area contributed by atoms with Crippen molar-refractivity contribution in [3.8, 4) is 0 Å². The minimum Gasteiger partial charge on any atom is -0.445 e. The first-order chi connectivity index (χ1) is 24.5. The second kappa shape index (κ2) is 18.3. The molecule has 6 amide bonds. The third-order valence-electron chi connectivity index (χ3n) is 7.66. The zero-order valence-corrected chi connectivity index (χ0v) is 28.3. The first-order valence-electron chi connectivity index (χ1n) is 16.2. The van der Waals surface area contributed by atoms with Crippen molar-refractivity contribution in [2.45, 2.75) is 45.6 Å². The quantitative estimate of drug-likeness (QED) is 0.116. The summed E-state index contributed by atoms with van der Waals surface area (Å²) in [6, 6.07) is 29.7. The van der Waals surface area contributed by atoms with Crippen LogP contribution in [-0.4, -0.2) is 64.2 Å². The number of carbonyl (C=O) groups excluding carboxylic acids is 6. The van der Waals surface area contributed by atoms with Gasteiger partial charge in [0.15, 0.2) is 0 Å². The van der Waals surface area contributed by atoms with E-state index in [1.165, 1.54) is 13.8 Å². The number of alkyl carbamates (subject to hydrolysis) is 1. The summed E-state index contributed by atoms with van der Waals surface area (Å²) in [4.78, 5) is 77.9. The van der Waals surface area contributed by atoms with Crippen molar-refractivity contribution in [2.75, 3.05) is 6.54 Å². The molecule has 2 atom stereocenters. The zero-order valence-electron chi connectivity index (χ0n) is 28.3. The maximum atomic E-state index is 13.5. The maximum Gasteiger partial charge on any atom is 0.408 e. The average molecular weight is 693 g/mol. The van der Waals surface area contributed by atoms with Crippen LogP contribution in [0.2, 0.25) is 0 Å². The van der Waals surface area contributed by atoms with Crippen molar-refractivity contribution in [2.24, 2.45) is 5.73 Å². The van der Waals surface area contributed by atoms with Crippen LogP contribution in [0.4, 0.5) is 4.79 Å². The second-order valence-corrected chi connectivity index (χ2v) is 11.7. The number of hydrogen-bond acceptors (Lipinski definition) is 7. The Morgan fingerprint density at radius 1 is 0.686 bits per heavy atom. The SMILES string of the molecule is C[C@H](NC(=O)OCc1ccccc1)C(=O)N[C@@H](C)C(=O)NN(CC(N)=O)C(=O)/C=C/C(=O)N(Cc1ccccc1)Cc1cccc2ccccc12. The van der Waals surface area contributed by atoms with E-state index in [0.717, 1.165) is 39.6 Å². The first-order valence-corrected chi connectivity index (χ1v) is 16.2. The summed E-state index contributed by atoms with van der Waals surface area (Å²) in [6.45, 7) is 2.52. The molecular formula is C38H40N6O7. The van der Waals surface area contributed by atoms with Gasteiger partial charge in [0, 0.05) is 25.2 Å². The Kier molecular flexibility index (Phi) is 13.4. The van der Waals surface area contributed by atoms with E-state index < -0.39 is 54.3 Å². The van der Waals surface area contributed by atoms with Gasteiger partial charge in [0.2, 0.25) is 17.7 Å². The lowest BCUT2D eigenvalue weighted by atomic mass is 10.0. The molecule has 264 valence electrons. The molecule has 0 spiro atoms. The summed E-state index contributed by atoms with van der Waals surface area (Å²) >= 11 is 0. The van der Waals surface area contributed by atoms with E-state index in [-0.39, 0.29) is 19.7 Å². The normalized spacial score (nSPS) is 12.0. The van der Waals surface area contributed by atoms with Crippen molar-refractivity contribution in [1.29, 1.82) is 0 Å². The molecule has 0 bridgehead atoms. The van der Waals surface area contributed by atoms with E-state index in [0.29, 0.717) is 5.01 Å². The van der Waals surface area contributed by atoms with E-state index in [9.17, 15) is 28.8 Å². The minimum atomic E-state index is -1.21. The standard InChI is InChI=1S/C38H40N6O7/c1-26(41-38(50)51-25-29-14-7-4-8-15-29)36(48)40-27(2)37(49)42-44(24-33(39)45)35(47)21-20-34(46)43(22-28-12-5-3-6-13-28)23-31-18-11-17-30-16-9-10-19-32(30)31/h3-21,26-27H,22-25H2,1-2H3,(H2,39,45)(H,40,48)(H,41,50)(H,42,49)/b21-20+/t26-,27-/m0/s1. The molecule has 4 aromatic rings. The van der Waals surface area contributed by atoms with E-state index in [1.54, 1.807) is 29.2 Å². The van der Waals surface area contributed by atoms with E-state index in [1.807, 2.05) is 78.9 Å². The number of nitrogens with zero attached hydrogens (tertiary/aromatic N) is 2. The molecule has 5 N–H and O–H groups in total. The fraction of sp³-hybridized carbons (Fsp3) is 0.211. The molecular weight excluding hydrogens is 652 g/mol. The van der Waals surface area contributed by atoms with Crippen LogP contribution in [0, 0.1) is 0 Å². The van der Waals surface area contributed by atoms with E-state index in [2.05, 4.69) is 16.1 Å². The number of hydrogen-bond donors (Lipinski definition) is 4. The average Bonchev–Trinajstić information content (AvgIpc) is 3.13. The Labute approximate surface area is 295 Å². The fourth-order valence-corrected chi connectivity index (χ4v) is 4.96. The molecule has 0 unspecified atom stereocenters. The monoisotopic (exact) mass is 692 g/mol. The number of hydrazine groups is 1. The highest BCUT2D eigenvalue weighted by Gasteiger charge is 2.25. The summed E-state index contributed by atoms with van der Waals surface area (Å²) in [5.41, 5.74) is 10.1. The molecule has 51 heavy (non-hydrogen) atoms. The molecule has 0 saturated heterocycles. The van der Waals surface area contributed by atoms with Crippen molar-refractivity contribution in [3.05, 3.63) is 132 Å². The highest BCUT2D eigenvalue weighted by molar-refractivity contribution is 5.99. The van der Waals surface area contributed by atoms with Gasteiger partial charge in [0.05, 0.1) is 0 Å². The maximum absolute atomic E-state index is 13.5. The topological polar surface area (TPSA) is 180 Å². The predicted octanol–water partition coefficient (Wildman–Crippen LogP) is 3.09. The van der Waals surface area contributed by atoms with Crippen molar-refractivity contribution in [3.63, 3.8) is 0 Å². The highest BCUT2D eigenvalue weighted by atomic mass is 16.5.